The van der Waals surface area contributed by atoms with E-state index < -0.39 is 5.82 Å². The SMILES string of the molecule is CC#CC(=O)N1CCCC1Cn1c(=O)n(-c2ccc(Oc3cccc(OC)c3F)cc2)c2cncc(C)c21. The molecule has 38 heavy (non-hydrogen) atoms. The summed E-state index contributed by atoms with van der Waals surface area (Å²) >= 11 is 0. The predicted octanol–water partition coefficient (Wildman–Crippen LogP) is 4.45. The third kappa shape index (κ3) is 4.50. The number of methoxy groups -OCH3 is 1. The Bertz CT molecular complexity index is 1630. The van der Waals surface area contributed by atoms with E-state index in [4.69, 9.17) is 9.47 Å². The number of aromatic nitrogens is 3. The van der Waals surface area contributed by atoms with E-state index in [9.17, 15) is 14.0 Å². The molecule has 1 aliphatic rings. The molecular formula is C29H27FN4O4. The Balaban J connectivity index is 1.50. The Labute approximate surface area is 219 Å². The van der Waals surface area contributed by atoms with Crippen LogP contribution in [0.5, 0.6) is 17.2 Å². The first-order valence-electron chi connectivity index (χ1n) is 12.3. The van der Waals surface area contributed by atoms with E-state index in [0.29, 0.717) is 30.0 Å². The van der Waals surface area contributed by atoms with Gasteiger partial charge >= 0.3 is 5.69 Å². The van der Waals surface area contributed by atoms with Crippen molar-refractivity contribution in [1.82, 2.24) is 19.0 Å². The number of hydrogen-bond acceptors (Lipinski definition) is 5. The number of carbonyl (C=O) groups is 1. The monoisotopic (exact) mass is 514 g/mol. The van der Waals surface area contributed by atoms with Gasteiger partial charge in [-0.05, 0) is 74.6 Å². The minimum Gasteiger partial charge on any atom is -0.494 e. The van der Waals surface area contributed by atoms with Crippen molar-refractivity contribution >= 4 is 16.9 Å². The smallest absolute Gasteiger partial charge is 0.333 e. The van der Waals surface area contributed by atoms with Crippen LogP contribution in [0, 0.1) is 24.6 Å². The van der Waals surface area contributed by atoms with Gasteiger partial charge in [0.25, 0.3) is 5.91 Å². The average molecular weight is 515 g/mol. The minimum atomic E-state index is -0.593. The molecule has 0 saturated carbocycles. The lowest BCUT2D eigenvalue weighted by molar-refractivity contribution is -0.126. The summed E-state index contributed by atoms with van der Waals surface area (Å²) in [5, 5.41) is 0. The normalized spacial score (nSPS) is 14.8. The van der Waals surface area contributed by atoms with Gasteiger partial charge in [-0.25, -0.2) is 4.79 Å². The van der Waals surface area contributed by atoms with Crippen molar-refractivity contribution in [2.24, 2.45) is 0 Å². The number of benzene rings is 2. The third-order valence-electron chi connectivity index (χ3n) is 6.75. The average Bonchev–Trinajstić information content (AvgIpc) is 3.49. The number of ether oxygens (including phenoxy) is 2. The minimum absolute atomic E-state index is 0.0362. The molecule has 0 bridgehead atoms. The highest BCUT2D eigenvalue weighted by atomic mass is 19.1. The molecule has 2 aromatic carbocycles. The summed E-state index contributed by atoms with van der Waals surface area (Å²) in [6, 6.07) is 11.4. The van der Waals surface area contributed by atoms with Crippen LogP contribution >= 0.6 is 0 Å². The standard InChI is InChI=1S/C29H27FN4O4/c1-4-7-26(35)32-15-6-8-21(32)18-33-28-19(2)16-31-17-23(28)34(29(33)36)20-11-13-22(14-12-20)38-25-10-5-9-24(37-3)27(25)30/h5,9-14,16-17,21H,6,8,15,18H2,1-3H3. The number of hydrogen-bond donors (Lipinski definition) is 0. The number of rotatable bonds is 6. The molecule has 1 aliphatic heterocycles. The molecule has 1 saturated heterocycles. The van der Waals surface area contributed by atoms with Crippen molar-refractivity contribution in [2.45, 2.75) is 39.3 Å². The van der Waals surface area contributed by atoms with Gasteiger partial charge < -0.3 is 14.4 Å². The van der Waals surface area contributed by atoms with Gasteiger partial charge in [-0.3, -0.25) is 18.9 Å². The number of pyridine rings is 1. The molecule has 1 atom stereocenters. The maximum Gasteiger partial charge on any atom is 0.333 e. The number of fused-ring (bicyclic) bond motifs is 1. The lowest BCUT2D eigenvalue weighted by Gasteiger charge is -2.23. The van der Waals surface area contributed by atoms with Crippen molar-refractivity contribution in [3.8, 4) is 34.8 Å². The van der Waals surface area contributed by atoms with Crippen molar-refractivity contribution in [2.75, 3.05) is 13.7 Å². The van der Waals surface area contributed by atoms with E-state index in [1.807, 2.05) is 6.92 Å². The number of likely N-dealkylation sites (tertiary alicyclic amines) is 1. The largest absolute Gasteiger partial charge is 0.494 e. The summed E-state index contributed by atoms with van der Waals surface area (Å²) in [4.78, 5) is 32.4. The topological polar surface area (TPSA) is 78.6 Å². The number of imidazole rings is 1. The number of amides is 1. The van der Waals surface area contributed by atoms with Crippen LogP contribution in [0.3, 0.4) is 0 Å². The molecule has 1 fully saturated rings. The van der Waals surface area contributed by atoms with Crippen molar-refractivity contribution in [3.63, 3.8) is 0 Å². The van der Waals surface area contributed by atoms with Crippen LogP contribution in [0.15, 0.2) is 59.7 Å². The van der Waals surface area contributed by atoms with E-state index in [1.54, 1.807) is 63.7 Å². The second-order valence-electron chi connectivity index (χ2n) is 9.09. The zero-order chi connectivity index (χ0) is 26.8. The first-order valence-corrected chi connectivity index (χ1v) is 12.3. The predicted molar refractivity (Wildman–Crippen MR) is 141 cm³/mol. The van der Waals surface area contributed by atoms with Gasteiger partial charge in [-0.15, -0.1) is 0 Å². The molecule has 194 valence electrons. The molecule has 4 aromatic rings. The Hall–Kier alpha value is -4.58. The fourth-order valence-electron chi connectivity index (χ4n) is 5.00. The molecule has 0 aliphatic carbocycles. The molecule has 5 rings (SSSR count). The zero-order valence-electron chi connectivity index (χ0n) is 21.4. The number of aryl methyl sites for hydroxylation is 1. The maximum absolute atomic E-state index is 14.5. The second-order valence-corrected chi connectivity index (χ2v) is 9.09. The molecule has 8 nitrogen and oxygen atoms in total. The second kappa shape index (κ2) is 10.4. The summed E-state index contributed by atoms with van der Waals surface area (Å²) in [5.74, 6) is 5.02. The van der Waals surface area contributed by atoms with Gasteiger partial charge in [-0.2, -0.15) is 4.39 Å². The van der Waals surface area contributed by atoms with Gasteiger partial charge in [-0.1, -0.05) is 12.0 Å². The Morgan fingerprint density at radius 3 is 2.66 bits per heavy atom. The fraction of sp³-hybridized carbons (Fsp3) is 0.276. The maximum atomic E-state index is 14.5. The highest BCUT2D eigenvalue weighted by molar-refractivity contribution is 5.93. The summed E-state index contributed by atoms with van der Waals surface area (Å²) < 4.78 is 28.6. The number of carbonyl (C=O) groups excluding carboxylic acids is 1. The van der Waals surface area contributed by atoms with Crippen molar-refractivity contribution < 1.29 is 18.7 Å². The van der Waals surface area contributed by atoms with E-state index >= 15 is 0 Å². The van der Waals surface area contributed by atoms with Crippen LogP contribution in [0.1, 0.15) is 25.3 Å². The highest BCUT2D eigenvalue weighted by Gasteiger charge is 2.30. The lowest BCUT2D eigenvalue weighted by atomic mass is 10.2. The summed E-state index contributed by atoms with van der Waals surface area (Å²) in [6.07, 6.45) is 5.05. The van der Waals surface area contributed by atoms with E-state index in [2.05, 4.69) is 16.8 Å². The third-order valence-corrected chi connectivity index (χ3v) is 6.75. The molecule has 1 amide bonds. The van der Waals surface area contributed by atoms with Gasteiger partial charge in [0, 0.05) is 19.3 Å². The quantitative estimate of drug-likeness (QED) is 0.355. The van der Waals surface area contributed by atoms with Crippen molar-refractivity contribution in [1.29, 1.82) is 0 Å². The van der Waals surface area contributed by atoms with Crippen molar-refractivity contribution in [3.05, 3.63) is 76.7 Å². The first kappa shape index (κ1) is 25.1. The van der Waals surface area contributed by atoms with Crippen LogP contribution in [-0.4, -0.2) is 44.6 Å². The first-order chi connectivity index (χ1) is 18.4. The van der Waals surface area contributed by atoms with Crippen LogP contribution in [0.4, 0.5) is 4.39 Å². The highest BCUT2D eigenvalue weighted by Crippen LogP contribution is 2.31. The van der Waals surface area contributed by atoms with E-state index in [1.165, 1.54) is 19.2 Å². The molecule has 0 radical (unpaired) electrons. The Morgan fingerprint density at radius 1 is 1.16 bits per heavy atom. The molecule has 1 unspecified atom stereocenters. The molecule has 9 heteroatoms. The van der Waals surface area contributed by atoms with Crippen LogP contribution < -0.4 is 15.2 Å². The van der Waals surface area contributed by atoms with Gasteiger partial charge in [0.05, 0.1) is 36.1 Å². The van der Waals surface area contributed by atoms with E-state index in [-0.39, 0.29) is 29.1 Å². The summed E-state index contributed by atoms with van der Waals surface area (Å²) in [7, 11) is 1.39. The Morgan fingerprint density at radius 2 is 1.92 bits per heavy atom. The summed E-state index contributed by atoms with van der Waals surface area (Å²) in [6.45, 7) is 4.54. The lowest BCUT2D eigenvalue weighted by Crippen LogP contribution is -2.39. The molecule has 2 aromatic heterocycles. The van der Waals surface area contributed by atoms with Gasteiger partial charge in [0.1, 0.15) is 5.75 Å². The Kier molecular flexibility index (Phi) is 6.88. The molecular weight excluding hydrogens is 487 g/mol. The van der Waals surface area contributed by atoms with Gasteiger partial charge in [0.2, 0.25) is 5.82 Å². The number of nitrogens with zero attached hydrogens (tertiary/aromatic N) is 4. The molecule has 0 N–H and O–H groups in total. The van der Waals surface area contributed by atoms with Gasteiger partial charge in [0.15, 0.2) is 11.5 Å². The van der Waals surface area contributed by atoms with Crippen LogP contribution in [-0.2, 0) is 11.3 Å². The molecule has 0 spiro atoms. The fourth-order valence-corrected chi connectivity index (χ4v) is 5.00. The summed E-state index contributed by atoms with van der Waals surface area (Å²) in [5.41, 5.74) is 2.66. The van der Waals surface area contributed by atoms with Crippen LogP contribution in [0.2, 0.25) is 0 Å². The molecule has 3 heterocycles. The number of halogens is 1. The van der Waals surface area contributed by atoms with Crippen LogP contribution in [0.25, 0.3) is 16.7 Å². The van der Waals surface area contributed by atoms with E-state index in [0.717, 1.165) is 23.9 Å². The zero-order valence-corrected chi connectivity index (χ0v) is 21.4.